The Kier molecular flexibility index (Phi) is 7.44. The summed E-state index contributed by atoms with van der Waals surface area (Å²) >= 11 is 1.93. The number of fused-ring (bicyclic) bond motifs is 6. The zero-order valence-electron chi connectivity index (χ0n) is 31.1. The molecule has 2 aliphatic carbocycles. The number of benzene rings is 7. The Labute approximate surface area is 322 Å². The van der Waals surface area contributed by atoms with Gasteiger partial charge >= 0.3 is 0 Å². The molecule has 7 aromatic carbocycles. The van der Waals surface area contributed by atoms with E-state index >= 15 is 0 Å². The van der Waals surface area contributed by atoms with Crippen molar-refractivity contribution in [3.63, 3.8) is 0 Å². The normalized spacial score (nSPS) is 14.2. The first kappa shape index (κ1) is 32.7. The van der Waals surface area contributed by atoms with Gasteiger partial charge in [0.05, 0.1) is 5.69 Å². The molecule has 0 spiro atoms. The average Bonchev–Trinajstić information content (AvgIpc) is 3.81. The number of nitrogens with zero attached hydrogens (tertiary/aromatic N) is 1. The quantitative estimate of drug-likeness (QED) is 0.166. The Morgan fingerprint density at radius 2 is 0.870 bits per heavy atom. The van der Waals surface area contributed by atoms with E-state index < -0.39 is 0 Å². The highest BCUT2D eigenvalue weighted by Crippen LogP contribution is 2.60. The number of hydrogen-bond donors (Lipinski definition) is 0. The van der Waals surface area contributed by atoms with Crippen LogP contribution >= 0.6 is 11.3 Å². The molecular weight excluding hydrogens is 671 g/mol. The van der Waals surface area contributed by atoms with Gasteiger partial charge in [0.15, 0.2) is 0 Å². The third-order valence-electron chi connectivity index (χ3n) is 11.9. The molecule has 0 unspecified atom stereocenters. The smallest absolute Gasteiger partial charge is 0.0540 e. The standard InChI is InChI=1S/C52H41NS/c1-51(2)43-26-16-14-25-40(43)41-30-28-37(32-44(41)51)53(46-27-17-15-24-39(46)34-18-8-5-9-19-34)38-29-31-42-45(33-38)52(3,4)48-47(42)49(35-20-10-6-11-21-35)54-50(48)36-22-12-7-13-23-36/h5-33H,1-4H3. The zero-order chi connectivity index (χ0) is 36.6. The minimum Gasteiger partial charge on any atom is -0.310 e. The lowest BCUT2D eigenvalue weighted by Gasteiger charge is -2.31. The van der Waals surface area contributed by atoms with E-state index in [1.807, 2.05) is 11.3 Å². The molecular formula is C52H41NS. The van der Waals surface area contributed by atoms with Crippen molar-refractivity contribution in [1.82, 2.24) is 0 Å². The number of thiophene rings is 1. The van der Waals surface area contributed by atoms with E-state index in [9.17, 15) is 0 Å². The van der Waals surface area contributed by atoms with Crippen LogP contribution in [0.4, 0.5) is 17.1 Å². The summed E-state index contributed by atoms with van der Waals surface area (Å²) in [5.41, 5.74) is 19.1. The fourth-order valence-corrected chi connectivity index (χ4v) is 10.7. The molecule has 260 valence electrons. The van der Waals surface area contributed by atoms with Crippen molar-refractivity contribution in [1.29, 1.82) is 0 Å². The third kappa shape index (κ3) is 4.90. The number of rotatable bonds is 6. The highest BCUT2D eigenvalue weighted by atomic mass is 32.1. The number of anilines is 3. The maximum absolute atomic E-state index is 2.50. The van der Waals surface area contributed by atoms with Crippen molar-refractivity contribution < 1.29 is 0 Å². The van der Waals surface area contributed by atoms with Gasteiger partial charge in [-0.3, -0.25) is 0 Å². The summed E-state index contributed by atoms with van der Waals surface area (Å²) in [6.45, 7) is 9.59. The van der Waals surface area contributed by atoms with Crippen LogP contribution in [-0.2, 0) is 10.8 Å². The van der Waals surface area contributed by atoms with Crippen LogP contribution in [0.5, 0.6) is 0 Å². The Balaban J connectivity index is 1.20. The van der Waals surface area contributed by atoms with Crippen LogP contribution < -0.4 is 4.90 Å². The zero-order valence-corrected chi connectivity index (χ0v) is 31.9. The summed E-state index contributed by atoms with van der Waals surface area (Å²) in [4.78, 5) is 5.20. The van der Waals surface area contributed by atoms with Gasteiger partial charge < -0.3 is 4.90 Å². The molecule has 0 fully saturated rings. The van der Waals surface area contributed by atoms with Crippen molar-refractivity contribution >= 4 is 28.4 Å². The van der Waals surface area contributed by atoms with E-state index in [0.717, 1.165) is 17.1 Å². The summed E-state index contributed by atoms with van der Waals surface area (Å²) in [5.74, 6) is 0. The van der Waals surface area contributed by atoms with Crippen LogP contribution in [0.1, 0.15) is 49.9 Å². The lowest BCUT2D eigenvalue weighted by Crippen LogP contribution is -2.18. The van der Waals surface area contributed by atoms with E-state index in [0.29, 0.717) is 0 Å². The molecule has 2 heteroatoms. The van der Waals surface area contributed by atoms with Gasteiger partial charge in [-0.25, -0.2) is 0 Å². The largest absolute Gasteiger partial charge is 0.310 e. The monoisotopic (exact) mass is 711 g/mol. The molecule has 0 aliphatic heterocycles. The van der Waals surface area contributed by atoms with Crippen LogP contribution in [0, 0.1) is 0 Å². The lowest BCUT2D eigenvalue weighted by atomic mass is 9.81. The van der Waals surface area contributed by atoms with E-state index in [2.05, 4.69) is 209 Å². The SMILES string of the molecule is CC1(C)c2ccccc2-c2ccc(N(c3ccc4c(c3)C(C)(C)c3c(-c5ccccc5)sc(-c5ccccc5)c3-4)c3ccccc3-c3ccccc3)cc21. The van der Waals surface area contributed by atoms with Crippen LogP contribution in [-0.4, -0.2) is 0 Å². The lowest BCUT2D eigenvalue weighted by molar-refractivity contribution is 0.660. The minimum absolute atomic E-state index is 0.109. The van der Waals surface area contributed by atoms with Crippen molar-refractivity contribution in [3.05, 3.63) is 198 Å². The van der Waals surface area contributed by atoms with Crippen LogP contribution in [0.2, 0.25) is 0 Å². The predicted molar refractivity (Wildman–Crippen MR) is 230 cm³/mol. The van der Waals surface area contributed by atoms with Crippen molar-refractivity contribution in [2.45, 2.75) is 38.5 Å². The molecule has 0 bridgehead atoms. The number of hydrogen-bond acceptors (Lipinski definition) is 2. The second-order valence-corrected chi connectivity index (χ2v) is 16.7. The van der Waals surface area contributed by atoms with Gasteiger partial charge in [0.25, 0.3) is 0 Å². The summed E-state index contributed by atoms with van der Waals surface area (Å²) in [6, 6.07) is 64.9. The molecule has 8 aromatic rings. The molecule has 0 saturated heterocycles. The second-order valence-electron chi connectivity index (χ2n) is 15.7. The molecule has 1 heterocycles. The van der Waals surface area contributed by atoms with Gasteiger partial charge in [-0.2, -0.15) is 0 Å². The van der Waals surface area contributed by atoms with E-state index in [1.165, 1.54) is 76.5 Å². The first-order chi connectivity index (χ1) is 26.3. The molecule has 1 nitrogen and oxygen atoms in total. The predicted octanol–water partition coefficient (Wildman–Crippen LogP) is 14.8. The van der Waals surface area contributed by atoms with E-state index in [-0.39, 0.29) is 10.8 Å². The van der Waals surface area contributed by atoms with Crippen LogP contribution in [0.3, 0.4) is 0 Å². The third-order valence-corrected chi connectivity index (χ3v) is 13.2. The van der Waals surface area contributed by atoms with Gasteiger partial charge in [0, 0.05) is 43.1 Å². The Morgan fingerprint density at radius 1 is 0.389 bits per heavy atom. The molecule has 2 aliphatic rings. The summed E-state index contributed by atoms with van der Waals surface area (Å²) < 4.78 is 0. The second kappa shape index (κ2) is 12.3. The van der Waals surface area contributed by atoms with E-state index in [4.69, 9.17) is 0 Å². The molecule has 0 saturated carbocycles. The van der Waals surface area contributed by atoms with Gasteiger partial charge in [0.2, 0.25) is 0 Å². The van der Waals surface area contributed by atoms with Gasteiger partial charge in [-0.1, -0.05) is 173 Å². The number of para-hydroxylation sites is 1. The van der Waals surface area contributed by atoms with Crippen molar-refractivity contribution in [2.24, 2.45) is 0 Å². The Bertz CT molecular complexity index is 2700. The molecule has 0 N–H and O–H groups in total. The van der Waals surface area contributed by atoms with Gasteiger partial charge in [-0.05, 0) is 86.0 Å². The highest BCUT2D eigenvalue weighted by Gasteiger charge is 2.42. The fourth-order valence-electron chi connectivity index (χ4n) is 9.20. The van der Waals surface area contributed by atoms with Gasteiger partial charge in [-0.15, -0.1) is 11.3 Å². The summed E-state index contributed by atoms with van der Waals surface area (Å²) in [6.07, 6.45) is 0. The molecule has 0 amide bonds. The maximum atomic E-state index is 2.50. The Morgan fingerprint density at radius 3 is 1.52 bits per heavy atom. The molecule has 10 rings (SSSR count). The summed E-state index contributed by atoms with van der Waals surface area (Å²) in [5, 5.41) is 0. The molecule has 0 radical (unpaired) electrons. The van der Waals surface area contributed by atoms with Crippen LogP contribution in [0.15, 0.2) is 176 Å². The van der Waals surface area contributed by atoms with Crippen molar-refractivity contribution in [2.75, 3.05) is 4.90 Å². The fraction of sp³-hybridized carbons (Fsp3) is 0.115. The highest BCUT2D eigenvalue weighted by molar-refractivity contribution is 7.19. The molecule has 1 aromatic heterocycles. The first-order valence-electron chi connectivity index (χ1n) is 18.9. The van der Waals surface area contributed by atoms with Gasteiger partial charge in [0.1, 0.15) is 0 Å². The topological polar surface area (TPSA) is 3.24 Å². The molecule has 0 atom stereocenters. The minimum atomic E-state index is -0.221. The average molecular weight is 712 g/mol. The first-order valence-corrected chi connectivity index (χ1v) is 19.8. The van der Waals surface area contributed by atoms with E-state index in [1.54, 1.807) is 0 Å². The summed E-state index contributed by atoms with van der Waals surface area (Å²) in [7, 11) is 0. The van der Waals surface area contributed by atoms with Crippen molar-refractivity contribution in [3.8, 4) is 54.3 Å². The maximum Gasteiger partial charge on any atom is 0.0540 e. The Hall–Kier alpha value is -5.96. The van der Waals surface area contributed by atoms with Crippen LogP contribution in [0.25, 0.3) is 54.3 Å². The molecule has 54 heavy (non-hydrogen) atoms.